The number of furan rings is 1. The summed E-state index contributed by atoms with van der Waals surface area (Å²) in [5, 5.41) is 2.90. The van der Waals surface area contributed by atoms with Gasteiger partial charge in [-0.05, 0) is 63.4 Å². The van der Waals surface area contributed by atoms with Crippen LogP contribution in [-0.2, 0) is 21.3 Å². The maximum Gasteiger partial charge on any atom is 0.290 e. The maximum atomic E-state index is 12.8. The summed E-state index contributed by atoms with van der Waals surface area (Å²) < 4.78 is 17.3. The molecule has 1 aromatic carbocycles. The Hall–Kier alpha value is -2.41. The quantitative estimate of drug-likeness (QED) is 0.829. The van der Waals surface area contributed by atoms with Gasteiger partial charge in [0.05, 0.1) is 6.26 Å². The zero-order chi connectivity index (χ0) is 20.3. The van der Waals surface area contributed by atoms with E-state index in [4.69, 9.17) is 4.42 Å². The lowest BCUT2D eigenvalue weighted by molar-refractivity contribution is -0.119. The number of amides is 2. The highest BCUT2D eigenvalue weighted by molar-refractivity contribution is 7.85. The summed E-state index contributed by atoms with van der Waals surface area (Å²) in [5.74, 6) is 0.189. The molecule has 2 unspecified atom stereocenters. The number of hydrogen-bond donors (Lipinski definition) is 1. The highest BCUT2D eigenvalue weighted by Gasteiger charge is 2.35. The van der Waals surface area contributed by atoms with Gasteiger partial charge in [-0.1, -0.05) is 12.1 Å². The molecule has 28 heavy (non-hydrogen) atoms. The molecule has 0 spiro atoms. The monoisotopic (exact) mass is 402 g/mol. The van der Waals surface area contributed by atoms with Gasteiger partial charge < -0.3 is 14.6 Å². The van der Waals surface area contributed by atoms with Crippen LogP contribution in [0.3, 0.4) is 0 Å². The average Bonchev–Trinajstić information content (AvgIpc) is 3.32. The SMILES string of the molecule is CC(C)(C)S(=O)Cc1cccc(NC(=O)C2CCCN2C(=O)c2ccco2)c1. The third-order valence-corrected chi connectivity index (χ3v) is 6.69. The molecule has 1 aromatic heterocycles. The van der Waals surface area contributed by atoms with Gasteiger partial charge >= 0.3 is 0 Å². The highest BCUT2D eigenvalue weighted by atomic mass is 32.2. The molecule has 3 rings (SSSR count). The van der Waals surface area contributed by atoms with Crippen LogP contribution in [0.2, 0.25) is 0 Å². The number of benzene rings is 1. The molecule has 0 saturated carbocycles. The van der Waals surface area contributed by atoms with Gasteiger partial charge in [0.2, 0.25) is 5.91 Å². The van der Waals surface area contributed by atoms with E-state index in [1.54, 1.807) is 23.1 Å². The topological polar surface area (TPSA) is 79.6 Å². The summed E-state index contributed by atoms with van der Waals surface area (Å²) in [6.07, 6.45) is 2.84. The first kappa shape index (κ1) is 20.3. The summed E-state index contributed by atoms with van der Waals surface area (Å²) in [7, 11) is -1.02. The van der Waals surface area contributed by atoms with Crippen molar-refractivity contribution in [3.8, 4) is 0 Å². The van der Waals surface area contributed by atoms with E-state index in [2.05, 4.69) is 5.32 Å². The number of carbonyl (C=O) groups is 2. The van der Waals surface area contributed by atoms with Crippen LogP contribution in [-0.4, -0.2) is 38.3 Å². The molecule has 7 heteroatoms. The molecular formula is C21H26N2O4S. The summed E-state index contributed by atoms with van der Waals surface area (Å²) >= 11 is 0. The van der Waals surface area contributed by atoms with Crippen molar-refractivity contribution in [3.63, 3.8) is 0 Å². The number of nitrogens with one attached hydrogen (secondary N) is 1. The largest absolute Gasteiger partial charge is 0.459 e. The first-order valence-electron chi connectivity index (χ1n) is 9.38. The van der Waals surface area contributed by atoms with Gasteiger partial charge in [-0.25, -0.2) is 0 Å². The number of anilines is 1. The molecule has 150 valence electrons. The molecule has 0 radical (unpaired) electrons. The smallest absolute Gasteiger partial charge is 0.290 e. The molecule has 2 heterocycles. The lowest BCUT2D eigenvalue weighted by Crippen LogP contribution is -2.43. The zero-order valence-corrected chi connectivity index (χ0v) is 17.3. The van der Waals surface area contributed by atoms with Gasteiger partial charge in [-0.15, -0.1) is 0 Å². The average molecular weight is 403 g/mol. The second-order valence-corrected chi connectivity index (χ2v) is 10.1. The fraction of sp³-hybridized carbons (Fsp3) is 0.429. The first-order chi connectivity index (χ1) is 13.3. The van der Waals surface area contributed by atoms with Crippen molar-refractivity contribution < 1.29 is 18.2 Å². The predicted molar refractivity (Wildman–Crippen MR) is 109 cm³/mol. The van der Waals surface area contributed by atoms with Crippen LogP contribution in [0.1, 0.15) is 49.7 Å². The Bertz CT molecular complexity index is 871. The van der Waals surface area contributed by atoms with Crippen LogP contribution < -0.4 is 5.32 Å². The van der Waals surface area contributed by atoms with E-state index in [0.717, 1.165) is 12.0 Å². The van der Waals surface area contributed by atoms with Gasteiger partial charge in [0.1, 0.15) is 6.04 Å². The van der Waals surface area contributed by atoms with Crippen molar-refractivity contribution >= 4 is 28.3 Å². The van der Waals surface area contributed by atoms with Crippen LogP contribution in [0, 0.1) is 0 Å². The Balaban J connectivity index is 1.68. The van der Waals surface area contributed by atoms with Crippen molar-refractivity contribution in [2.45, 2.75) is 50.2 Å². The summed E-state index contributed by atoms with van der Waals surface area (Å²) in [6, 6.07) is 10.1. The van der Waals surface area contributed by atoms with E-state index in [9.17, 15) is 13.8 Å². The van der Waals surface area contributed by atoms with Crippen molar-refractivity contribution in [1.82, 2.24) is 4.90 Å². The zero-order valence-electron chi connectivity index (χ0n) is 16.4. The minimum Gasteiger partial charge on any atom is -0.459 e. The normalized spacial score (nSPS) is 18.1. The molecule has 1 aliphatic heterocycles. The van der Waals surface area contributed by atoms with Crippen molar-refractivity contribution in [2.24, 2.45) is 0 Å². The highest BCUT2D eigenvalue weighted by Crippen LogP contribution is 2.23. The molecule has 2 amide bonds. The fourth-order valence-corrected chi connectivity index (χ4v) is 4.07. The minimum atomic E-state index is -1.02. The van der Waals surface area contributed by atoms with E-state index >= 15 is 0 Å². The van der Waals surface area contributed by atoms with Crippen LogP contribution >= 0.6 is 0 Å². The number of likely N-dealkylation sites (tertiary alicyclic amines) is 1. The second-order valence-electron chi connectivity index (χ2n) is 7.93. The number of rotatable bonds is 5. The van der Waals surface area contributed by atoms with E-state index in [-0.39, 0.29) is 22.3 Å². The number of nitrogens with zero attached hydrogens (tertiary/aromatic N) is 1. The van der Waals surface area contributed by atoms with Crippen molar-refractivity contribution in [1.29, 1.82) is 0 Å². The Morgan fingerprint density at radius 2 is 2.04 bits per heavy atom. The van der Waals surface area contributed by atoms with E-state index in [1.165, 1.54) is 6.26 Å². The molecular weight excluding hydrogens is 376 g/mol. The number of hydrogen-bond acceptors (Lipinski definition) is 4. The summed E-state index contributed by atoms with van der Waals surface area (Å²) in [4.78, 5) is 26.9. The molecule has 2 atom stereocenters. The summed E-state index contributed by atoms with van der Waals surface area (Å²) in [5.41, 5.74) is 1.55. The lowest BCUT2D eigenvalue weighted by atomic mass is 10.1. The molecule has 6 nitrogen and oxygen atoms in total. The van der Waals surface area contributed by atoms with E-state index in [0.29, 0.717) is 24.4 Å². The van der Waals surface area contributed by atoms with Gasteiger partial charge in [-0.3, -0.25) is 13.8 Å². The Morgan fingerprint density at radius 1 is 1.25 bits per heavy atom. The van der Waals surface area contributed by atoms with E-state index < -0.39 is 16.8 Å². The molecule has 1 aliphatic rings. The number of carbonyl (C=O) groups excluding carboxylic acids is 2. The molecule has 0 bridgehead atoms. The van der Waals surface area contributed by atoms with Crippen molar-refractivity contribution in [2.75, 3.05) is 11.9 Å². The van der Waals surface area contributed by atoms with Crippen LogP contribution in [0.4, 0.5) is 5.69 Å². The minimum absolute atomic E-state index is 0.216. The third kappa shape index (κ3) is 4.70. The maximum absolute atomic E-state index is 12.8. The van der Waals surface area contributed by atoms with Gasteiger partial charge in [0, 0.05) is 33.5 Å². The van der Waals surface area contributed by atoms with Crippen LogP contribution in [0.5, 0.6) is 0 Å². The predicted octanol–water partition coefficient (Wildman–Crippen LogP) is 3.57. The fourth-order valence-electron chi connectivity index (χ4n) is 3.16. The van der Waals surface area contributed by atoms with Gasteiger partial charge in [0.15, 0.2) is 5.76 Å². The van der Waals surface area contributed by atoms with Gasteiger partial charge in [-0.2, -0.15) is 0 Å². The molecule has 1 fully saturated rings. The molecule has 1 saturated heterocycles. The van der Waals surface area contributed by atoms with Crippen molar-refractivity contribution in [3.05, 3.63) is 54.0 Å². The Labute approximate surface area is 167 Å². The second kappa shape index (κ2) is 8.31. The summed E-state index contributed by atoms with van der Waals surface area (Å²) in [6.45, 7) is 6.36. The molecule has 0 aliphatic carbocycles. The Kier molecular flexibility index (Phi) is 6.03. The first-order valence-corrected chi connectivity index (χ1v) is 10.7. The lowest BCUT2D eigenvalue weighted by Gasteiger charge is -2.23. The van der Waals surface area contributed by atoms with E-state index in [1.807, 2.05) is 39.0 Å². The Morgan fingerprint density at radius 3 is 2.71 bits per heavy atom. The molecule has 1 N–H and O–H groups in total. The standard InChI is InChI=1S/C21H26N2O4S/c1-21(2,3)28(26)14-15-7-4-8-16(13-15)22-19(24)17-9-5-11-23(17)20(25)18-10-6-12-27-18/h4,6-8,10,12-13,17H,5,9,11,14H2,1-3H3,(H,22,24). The van der Waals surface area contributed by atoms with Crippen LogP contribution in [0.15, 0.2) is 47.1 Å². The third-order valence-electron chi connectivity index (χ3n) is 4.72. The molecule has 2 aromatic rings. The van der Waals surface area contributed by atoms with Crippen LogP contribution in [0.25, 0.3) is 0 Å². The van der Waals surface area contributed by atoms with Gasteiger partial charge in [0.25, 0.3) is 5.91 Å².